The van der Waals surface area contributed by atoms with Crippen LogP contribution in [0.25, 0.3) is 0 Å². The van der Waals surface area contributed by atoms with E-state index in [0.29, 0.717) is 24.8 Å². The van der Waals surface area contributed by atoms with Crippen LogP contribution in [0.3, 0.4) is 0 Å². The van der Waals surface area contributed by atoms with E-state index in [9.17, 15) is 18.0 Å². The molecule has 0 bridgehead atoms. The minimum Gasteiger partial charge on any atom is -0.347 e. The summed E-state index contributed by atoms with van der Waals surface area (Å²) in [6, 6.07) is 0. The van der Waals surface area contributed by atoms with Crippen molar-refractivity contribution >= 4 is 38.0 Å². The molecule has 0 saturated heterocycles. The van der Waals surface area contributed by atoms with E-state index >= 15 is 0 Å². The van der Waals surface area contributed by atoms with Crippen LogP contribution in [0, 0.1) is 0 Å². The fraction of sp³-hybridized carbons (Fsp3) is 0.875. The molecule has 0 aliphatic rings. The molecule has 0 spiro atoms. The molecule has 4 nitrogen and oxygen atoms in total. The molecule has 1 atom stereocenters. The highest BCUT2D eigenvalue weighted by molar-refractivity contribution is 7.32. The highest BCUT2D eigenvalue weighted by Gasteiger charge is 2.38. The SMILES string of the molecule is O=C(NCCNPN(CCCl)CCCl)C(F)(F)F. The molecule has 2 N–H and O–H groups in total. The average molecular weight is 328 g/mol. The molecule has 0 aromatic rings. The summed E-state index contributed by atoms with van der Waals surface area (Å²) >= 11 is 11.1. The number of carbonyl (C=O) groups excluding carboxylic acids is 1. The quantitative estimate of drug-likeness (QED) is 0.383. The number of nitrogens with one attached hydrogen (secondary N) is 2. The van der Waals surface area contributed by atoms with Gasteiger partial charge in [-0.05, 0) is 0 Å². The molecule has 0 radical (unpaired) electrons. The lowest BCUT2D eigenvalue weighted by molar-refractivity contribution is -0.173. The van der Waals surface area contributed by atoms with Gasteiger partial charge in [0.15, 0.2) is 0 Å². The van der Waals surface area contributed by atoms with Gasteiger partial charge >= 0.3 is 12.1 Å². The highest BCUT2D eigenvalue weighted by atomic mass is 35.5. The van der Waals surface area contributed by atoms with Gasteiger partial charge in [-0.15, -0.1) is 23.2 Å². The Labute approximate surface area is 115 Å². The van der Waals surface area contributed by atoms with Gasteiger partial charge < -0.3 is 5.32 Å². The summed E-state index contributed by atoms with van der Waals surface area (Å²) in [5.41, 5.74) is 0. The molecule has 1 amide bonds. The normalized spacial score (nSPS) is 12.6. The summed E-state index contributed by atoms with van der Waals surface area (Å²) < 4.78 is 37.4. The smallest absolute Gasteiger partial charge is 0.347 e. The number of alkyl halides is 5. The lowest BCUT2D eigenvalue weighted by Gasteiger charge is -2.20. The van der Waals surface area contributed by atoms with Crippen LogP contribution in [0.15, 0.2) is 0 Å². The maximum absolute atomic E-state index is 11.8. The third-order valence-corrected chi connectivity index (χ3v) is 3.25. The Morgan fingerprint density at radius 2 is 1.72 bits per heavy atom. The van der Waals surface area contributed by atoms with Gasteiger partial charge in [0.25, 0.3) is 0 Å². The zero-order chi connectivity index (χ0) is 14.0. The second-order valence-corrected chi connectivity index (χ2v) is 5.12. The van der Waals surface area contributed by atoms with Crippen molar-refractivity contribution in [3.8, 4) is 0 Å². The summed E-state index contributed by atoms with van der Waals surface area (Å²) in [6.07, 6.45) is -4.83. The molecular formula is C8H15Cl2F3N3OP. The number of hydrogen-bond donors (Lipinski definition) is 2. The predicted molar refractivity (Wildman–Crippen MR) is 68.4 cm³/mol. The molecule has 108 valence electrons. The van der Waals surface area contributed by atoms with Crippen molar-refractivity contribution < 1.29 is 18.0 Å². The zero-order valence-corrected chi connectivity index (χ0v) is 12.0. The minimum absolute atomic E-state index is 0.0824. The Morgan fingerprint density at radius 1 is 1.17 bits per heavy atom. The lowest BCUT2D eigenvalue weighted by atomic mass is 10.5. The van der Waals surface area contributed by atoms with Crippen LogP contribution in [0.1, 0.15) is 0 Å². The van der Waals surface area contributed by atoms with E-state index in [2.05, 4.69) is 5.09 Å². The molecule has 0 heterocycles. The second-order valence-electron chi connectivity index (χ2n) is 3.16. The standard InChI is InChI=1S/C8H15Cl2F3N3OP/c9-1-5-16(6-2-10)18-15-4-3-14-7(17)8(11,12)13/h15,18H,1-6H2,(H,14,17). The maximum atomic E-state index is 11.8. The van der Waals surface area contributed by atoms with Gasteiger partial charge in [0, 0.05) is 46.8 Å². The van der Waals surface area contributed by atoms with Crippen LogP contribution in [-0.2, 0) is 4.79 Å². The highest BCUT2D eigenvalue weighted by Crippen LogP contribution is 2.14. The van der Waals surface area contributed by atoms with Gasteiger partial charge in [0.1, 0.15) is 0 Å². The monoisotopic (exact) mass is 327 g/mol. The Hall–Kier alpha value is 0.190. The number of amides is 1. The molecule has 1 unspecified atom stereocenters. The van der Waals surface area contributed by atoms with Crippen LogP contribution in [-0.4, -0.2) is 54.7 Å². The molecule has 0 saturated carbocycles. The number of halogens is 5. The predicted octanol–water partition coefficient (Wildman–Crippen LogP) is 1.54. The van der Waals surface area contributed by atoms with Crippen molar-refractivity contribution in [3.05, 3.63) is 0 Å². The number of rotatable bonds is 9. The Kier molecular flexibility index (Phi) is 10.1. The van der Waals surface area contributed by atoms with Gasteiger partial charge in [-0.2, -0.15) is 13.2 Å². The first-order valence-electron chi connectivity index (χ1n) is 5.12. The first-order chi connectivity index (χ1) is 8.41. The third kappa shape index (κ3) is 9.16. The summed E-state index contributed by atoms with van der Waals surface area (Å²) in [4.78, 5) is 10.5. The van der Waals surface area contributed by atoms with Crippen LogP contribution < -0.4 is 10.4 Å². The van der Waals surface area contributed by atoms with Gasteiger partial charge in [-0.3, -0.25) is 14.6 Å². The molecule has 18 heavy (non-hydrogen) atoms. The summed E-state index contributed by atoms with van der Waals surface area (Å²) in [7, 11) is 0.209. The van der Waals surface area contributed by atoms with E-state index in [4.69, 9.17) is 23.2 Å². The van der Waals surface area contributed by atoms with Gasteiger partial charge in [0.2, 0.25) is 0 Å². The summed E-state index contributed by atoms with van der Waals surface area (Å²) in [5, 5.41) is 4.68. The van der Waals surface area contributed by atoms with Crippen molar-refractivity contribution in [3.63, 3.8) is 0 Å². The van der Waals surface area contributed by atoms with Gasteiger partial charge in [-0.1, -0.05) is 0 Å². The Bertz CT molecular complexity index is 240. The van der Waals surface area contributed by atoms with Gasteiger partial charge in [-0.25, -0.2) is 0 Å². The molecule has 0 aromatic carbocycles. The van der Waals surface area contributed by atoms with E-state index in [1.165, 1.54) is 0 Å². The number of nitrogens with zero attached hydrogens (tertiary/aromatic N) is 1. The largest absolute Gasteiger partial charge is 0.471 e. The molecule has 0 aliphatic heterocycles. The fourth-order valence-corrected chi connectivity index (χ4v) is 2.53. The fourth-order valence-electron chi connectivity index (χ4n) is 0.934. The van der Waals surface area contributed by atoms with Crippen molar-refractivity contribution in [2.24, 2.45) is 0 Å². The Balaban J connectivity index is 3.63. The zero-order valence-electron chi connectivity index (χ0n) is 9.49. The van der Waals surface area contributed by atoms with E-state index in [1.807, 2.05) is 4.67 Å². The van der Waals surface area contributed by atoms with Crippen molar-refractivity contribution in [2.45, 2.75) is 6.18 Å². The molecule has 0 aromatic heterocycles. The summed E-state index contributed by atoms with van der Waals surface area (Å²) in [6.45, 7) is 1.46. The minimum atomic E-state index is -4.83. The van der Waals surface area contributed by atoms with E-state index in [1.54, 1.807) is 5.32 Å². The topological polar surface area (TPSA) is 44.4 Å². The van der Waals surface area contributed by atoms with Crippen LogP contribution >= 0.6 is 32.1 Å². The maximum Gasteiger partial charge on any atom is 0.471 e. The van der Waals surface area contributed by atoms with Gasteiger partial charge in [0.05, 0.1) is 0 Å². The van der Waals surface area contributed by atoms with Crippen molar-refractivity contribution in [1.29, 1.82) is 0 Å². The number of carbonyl (C=O) groups is 1. The first kappa shape index (κ1) is 18.2. The van der Waals surface area contributed by atoms with E-state index in [0.717, 1.165) is 0 Å². The van der Waals surface area contributed by atoms with Crippen molar-refractivity contribution in [1.82, 2.24) is 15.1 Å². The Morgan fingerprint density at radius 3 is 2.17 bits per heavy atom. The van der Waals surface area contributed by atoms with Crippen LogP contribution in [0.4, 0.5) is 13.2 Å². The average Bonchev–Trinajstić information content (AvgIpc) is 2.27. The molecule has 0 aliphatic carbocycles. The van der Waals surface area contributed by atoms with E-state index < -0.39 is 12.1 Å². The first-order valence-corrected chi connectivity index (χ1v) is 7.14. The molecular weight excluding hydrogens is 313 g/mol. The van der Waals surface area contributed by atoms with Crippen LogP contribution in [0.5, 0.6) is 0 Å². The second kappa shape index (κ2) is 10.0. The van der Waals surface area contributed by atoms with Crippen LogP contribution in [0.2, 0.25) is 0 Å². The third-order valence-electron chi connectivity index (χ3n) is 1.74. The van der Waals surface area contributed by atoms with E-state index in [-0.39, 0.29) is 22.0 Å². The number of hydrogen-bond acceptors (Lipinski definition) is 3. The molecule has 10 heteroatoms. The molecule has 0 rings (SSSR count). The lowest BCUT2D eigenvalue weighted by Crippen LogP contribution is -2.39. The summed E-state index contributed by atoms with van der Waals surface area (Å²) in [5.74, 6) is -1.02. The van der Waals surface area contributed by atoms with Crippen molar-refractivity contribution in [2.75, 3.05) is 37.9 Å². The molecule has 0 fully saturated rings.